The van der Waals surface area contributed by atoms with Crippen LogP contribution in [0, 0.1) is 0 Å². The van der Waals surface area contributed by atoms with Crippen molar-refractivity contribution in [3.63, 3.8) is 0 Å². The van der Waals surface area contributed by atoms with Gasteiger partial charge in [0.05, 0.1) is 7.11 Å². The molecule has 0 amide bonds. The molecule has 0 aliphatic carbocycles. The highest BCUT2D eigenvalue weighted by atomic mass is 19.4. The van der Waals surface area contributed by atoms with Gasteiger partial charge in [-0.15, -0.1) is 0 Å². The van der Waals surface area contributed by atoms with E-state index in [1.807, 2.05) is 18.2 Å². The monoisotopic (exact) mass is 449 g/mol. The first-order valence-corrected chi connectivity index (χ1v) is 10.3. The van der Waals surface area contributed by atoms with Gasteiger partial charge in [-0.1, -0.05) is 24.3 Å². The Bertz CT molecular complexity index is 1060. The molecule has 0 saturated carbocycles. The molecule has 1 aromatic heterocycles. The lowest BCUT2D eigenvalue weighted by molar-refractivity contribution is -0.192. The Hall–Kier alpha value is -3.20. The third-order valence-electron chi connectivity index (χ3n) is 5.24. The van der Waals surface area contributed by atoms with Crippen molar-refractivity contribution in [3.8, 4) is 5.75 Å². The summed E-state index contributed by atoms with van der Waals surface area (Å²) in [6.45, 7) is 4.04. The average molecular weight is 449 g/mol. The highest BCUT2D eigenvalue weighted by Gasteiger charge is 2.38. The number of anilines is 1. The summed E-state index contributed by atoms with van der Waals surface area (Å²) in [6.07, 6.45) is -2.87. The summed E-state index contributed by atoms with van der Waals surface area (Å²) in [7, 11) is 1.70. The first-order valence-electron chi connectivity index (χ1n) is 10.3. The lowest BCUT2D eigenvalue weighted by Crippen LogP contribution is -2.25. The maximum atomic E-state index is 10.6. The van der Waals surface area contributed by atoms with Crippen molar-refractivity contribution in [1.29, 1.82) is 0 Å². The molecule has 0 spiro atoms. The number of hydrogen-bond acceptors (Lipinski definition) is 4. The molecule has 0 atom stereocenters. The normalized spacial score (nSPS) is 13.1. The summed E-state index contributed by atoms with van der Waals surface area (Å²) in [6, 6.07) is 16.9. The lowest BCUT2D eigenvalue weighted by Gasteiger charge is -2.17. The number of rotatable bonds is 6. The topological polar surface area (TPSA) is 75.5 Å². The molecule has 9 heteroatoms. The van der Waals surface area contributed by atoms with E-state index in [9.17, 15) is 13.2 Å². The summed E-state index contributed by atoms with van der Waals surface area (Å²) in [5, 5.41) is 15.6. The second-order valence-electron chi connectivity index (χ2n) is 7.34. The van der Waals surface area contributed by atoms with E-state index in [4.69, 9.17) is 14.6 Å². The van der Waals surface area contributed by atoms with Crippen molar-refractivity contribution in [2.45, 2.75) is 32.1 Å². The van der Waals surface area contributed by atoms with Gasteiger partial charge in [0, 0.05) is 48.0 Å². The maximum absolute atomic E-state index is 10.6. The number of fused-ring (bicyclic) bond motifs is 3. The summed E-state index contributed by atoms with van der Waals surface area (Å²) in [5.41, 5.74) is 5.49. The Morgan fingerprint density at radius 2 is 1.97 bits per heavy atom. The first-order chi connectivity index (χ1) is 15.3. The summed E-state index contributed by atoms with van der Waals surface area (Å²) in [5.74, 6) is -1.87. The van der Waals surface area contributed by atoms with E-state index < -0.39 is 12.1 Å². The van der Waals surface area contributed by atoms with Gasteiger partial charge in [0.2, 0.25) is 0 Å². The van der Waals surface area contributed by atoms with E-state index >= 15 is 0 Å². The van der Waals surface area contributed by atoms with E-state index in [1.54, 1.807) is 7.11 Å². The fourth-order valence-corrected chi connectivity index (χ4v) is 3.79. The minimum Gasteiger partial charge on any atom is -0.497 e. The molecule has 1 aliphatic heterocycles. The van der Waals surface area contributed by atoms with E-state index in [0.717, 1.165) is 50.5 Å². The van der Waals surface area contributed by atoms with Crippen LogP contribution in [-0.4, -0.2) is 42.0 Å². The molecule has 4 rings (SSSR count). The van der Waals surface area contributed by atoms with Crippen LogP contribution < -0.4 is 15.4 Å². The van der Waals surface area contributed by atoms with Gasteiger partial charge in [-0.2, -0.15) is 13.2 Å². The van der Waals surface area contributed by atoms with Crippen LogP contribution in [0.15, 0.2) is 48.5 Å². The zero-order valence-electron chi connectivity index (χ0n) is 17.7. The van der Waals surface area contributed by atoms with Gasteiger partial charge in [0.25, 0.3) is 0 Å². The number of aryl methyl sites for hydroxylation is 1. The standard InChI is InChI=1S/C21H25N3O.C2HF3O2/c1-25-17-7-4-6-16(14-17)23-11-5-13-24-20-9-3-2-8-18(20)19-10-12-22-15-21(19)24;3-2(4,5)1(6)7/h2-4,6-9,14,22-23H,5,10-13,15H2,1H3;(H,6,7). The van der Waals surface area contributed by atoms with Gasteiger partial charge in [-0.25, -0.2) is 4.79 Å². The zero-order chi connectivity index (χ0) is 23.1. The lowest BCUT2D eigenvalue weighted by atomic mass is 10.1. The number of halogens is 3. The van der Waals surface area contributed by atoms with Crippen molar-refractivity contribution < 1.29 is 27.8 Å². The van der Waals surface area contributed by atoms with Crippen molar-refractivity contribution in [1.82, 2.24) is 9.88 Å². The fraction of sp³-hybridized carbons (Fsp3) is 0.348. The molecule has 0 saturated heterocycles. The number of alkyl halides is 3. The summed E-state index contributed by atoms with van der Waals surface area (Å²) in [4.78, 5) is 8.90. The minimum atomic E-state index is -5.08. The number of hydrogen-bond donors (Lipinski definition) is 3. The van der Waals surface area contributed by atoms with Gasteiger partial charge >= 0.3 is 12.1 Å². The molecule has 3 N–H and O–H groups in total. The minimum absolute atomic E-state index is 0.890. The number of aliphatic carboxylic acids is 1. The van der Waals surface area contributed by atoms with Gasteiger partial charge in [-0.05, 0) is 43.1 Å². The molecular formula is C23H26F3N3O3. The van der Waals surface area contributed by atoms with Crippen molar-refractivity contribution in [3.05, 3.63) is 59.8 Å². The van der Waals surface area contributed by atoms with Crippen LogP contribution in [0.1, 0.15) is 17.7 Å². The molecular weight excluding hydrogens is 423 g/mol. The van der Waals surface area contributed by atoms with Gasteiger partial charge in [0.1, 0.15) is 5.75 Å². The number of benzene rings is 2. The van der Waals surface area contributed by atoms with E-state index in [0.29, 0.717) is 0 Å². The number of nitrogens with zero attached hydrogens (tertiary/aromatic N) is 1. The second-order valence-corrected chi connectivity index (χ2v) is 7.34. The van der Waals surface area contributed by atoms with Crippen molar-refractivity contribution in [2.24, 2.45) is 0 Å². The number of aromatic nitrogens is 1. The van der Waals surface area contributed by atoms with Crippen LogP contribution >= 0.6 is 0 Å². The number of nitrogens with one attached hydrogen (secondary N) is 2. The average Bonchev–Trinajstić information content (AvgIpc) is 3.10. The van der Waals surface area contributed by atoms with Gasteiger partial charge in [-0.3, -0.25) is 0 Å². The number of carboxylic acids is 1. The third kappa shape index (κ3) is 5.73. The van der Waals surface area contributed by atoms with Crippen molar-refractivity contribution in [2.75, 3.05) is 25.5 Å². The smallest absolute Gasteiger partial charge is 0.490 e. The molecule has 2 aromatic carbocycles. The first kappa shape index (κ1) is 23.5. The molecule has 172 valence electrons. The van der Waals surface area contributed by atoms with Crippen LogP contribution in [0.3, 0.4) is 0 Å². The van der Waals surface area contributed by atoms with Gasteiger partial charge < -0.3 is 25.0 Å². The van der Waals surface area contributed by atoms with Gasteiger partial charge in [0.15, 0.2) is 0 Å². The fourth-order valence-electron chi connectivity index (χ4n) is 3.79. The Kier molecular flexibility index (Phi) is 7.63. The largest absolute Gasteiger partial charge is 0.497 e. The molecule has 32 heavy (non-hydrogen) atoms. The number of para-hydroxylation sites is 1. The zero-order valence-corrected chi connectivity index (χ0v) is 17.7. The number of carboxylic acid groups (broad SMARTS) is 1. The van der Waals surface area contributed by atoms with Crippen LogP contribution in [0.5, 0.6) is 5.75 Å². The molecule has 3 aromatic rings. The van der Waals surface area contributed by atoms with Crippen LogP contribution in [0.2, 0.25) is 0 Å². The van der Waals surface area contributed by atoms with E-state index in [-0.39, 0.29) is 0 Å². The number of carbonyl (C=O) groups is 1. The molecule has 0 unspecified atom stereocenters. The third-order valence-corrected chi connectivity index (χ3v) is 5.24. The molecule has 0 radical (unpaired) electrons. The Morgan fingerprint density at radius 3 is 2.69 bits per heavy atom. The quantitative estimate of drug-likeness (QED) is 0.486. The Balaban J connectivity index is 0.000000360. The summed E-state index contributed by atoms with van der Waals surface area (Å²) < 4.78 is 39.5. The second kappa shape index (κ2) is 10.4. The van der Waals surface area contributed by atoms with E-state index in [2.05, 4.69) is 45.5 Å². The van der Waals surface area contributed by atoms with Crippen LogP contribution in [-0.2, 0) is 24.3 Å². The molecule has 1 aliphatic rings. The predicted octanol–water partition coefficient (Wildman–Crippen LogP) is 4.43. The Labute approximate surface area is 184 Å². The predicted molar refractivity (Wildman–Crippen MR) is 117 cm³/mol. The van der Waals surface area contributed by atoms with Crippen molar-refractivity contribution >= 4 is 22.6 Å². The van der Waals surface area contributed by atoms with Crippen LogP contribution in [0.4, 0.5) is 18.9 Å². The highest BCUT2D eigenvalue weighted by molar-refractivity contribution is 5.85. The summed E-state index contributed by atoms with van der Waals surface area (Å²) >= 11 is 0. The number of ether oxygens (including phenoxy) is 1. The SMILES string of the molecule is COc1cccc(NCCCn2c3c(c4ccccc42)CCNC3)c1.O=C(O)C(F)(F)F. The molecule has 6 nitrogen and oxygen atoms in total. The van der Waals surface area contributed by atoms with Crippen LogP contribution in [0.25, 0.3) is 10.9 Å². The van der Waals surface area contributed by atoms with E-state index in [1.165, 1.54) is 22.2 Å². The number of methoxy groups -OCH3 is 1. The highest BCUT2D eigenvalue weighted by Crippen LogP contribution is 2.28. The Morgan fingerprint density at radius 1 is 1.22 bits per heavy atom. The maximum Gasteiger partial charge on any atom is 0.490 e. The molecule has 2 heterocycles. The molecule has 0 fully saturated rings. The molecule has 0 bridgehead atoms.